The van der Waals surface area contributed by atoms with Crippen molar-refractivity contribution < 1.29 is 28.7 Å². The van der Waals surface area contributed by atoms with Gasteiger partial charge in [0.15, 0.2) is 5.82 Å². The van der Waals surface area contributed by atoms with Gasteiger partial charge < -0.3 is 26.0 Å². The van der Waals surface area contributed by atoms with Crippen LogP contribution in [0.3, 0.4) is 0 Å². The lowest BCUT2D eigenvalue weighted by atomic mass is 9.89. The van der Waals surface area contributed by atoms with Gasteiger partial charge in [-0.2, -0.15) is 0 Å². The Morgan fingerprint density at radius 3 is 2.45 bits per heavy atom. The minimum absolute atomic E-state index is 0.00820. The molecule has 5 rings (SSSR count). The Morgan fingerprint density at radius 2 is 1.75 bits per heavy atom. The number of anilines is 3. The lowest BCUT2D eigenvalue weighted by Crippen LogP contribution is -2.48. The quantitative estimate of drug-likeness (QED) is 0.175. The van der Waals surface area contributed by atoms with Crippen molar-refractivity contribution in [2.75, 3.05) is 28.3 Å². The summed E-state index contributed by atoms with van der Waals surface area (Å²) >= 11 is 5.87. The molecule has 0 saturated carbocycles. The third-order valence-corrected chi connectivity index (χ3v) is 7.95. The number of carbonyl (C=O) groups is 4. The molecule has 0 radical (unpaired) electrons. The summed E-state index contributed by atoms with van der Waals surface area (Å²) in [6.07, 6.45) is 3.46. The van der Waals surface area contributed by atoms with Gasteiger partial charge in [-0.15, -0.1) is 0 Å². The van der Waals surface area contributed by atoms with Gasteiger partial charge in [0.05, 0.1) is 22.5 Å². The number of carbonyl (C=O) groups excluding carboxylic acids is 3. The number of nitrogens with two attached hydrogens (primary N) is 2. The van der Waals surface area contributed by atoms with Gasteiger partial charge in [-0.1, -0.05) is 29.8 Å². The zero-order valence-electron chi connectivity index (χ0n) is 23.5. The average molecular weight is 621 g/mol. The Bertz CT molecular complexity index is 1660. The summed E-state index contributed by atoms with van der Waals surface area (Å²) in [5.74, 6) is 2.77. The molecule has 2 aliphatic rings. The first-order valence-corrected chi connectivity index (χ1v) is 14.3. The second-order valence-corrected chi connectivity index (χ2v) is 10.8. The van der Waals surface area contributed by atoms with Crippen LogP contribution in [0.4, 0.5) is 21.5 Å². The standard InChI is InChI=1S/C31H30ClFN6O5/c32-22-6-4-8-25(27(22)33)39(35)17-23(34)30(42)38-16-14-20-21(5-3-7-24(20)37-15-2-1-9-26(37)40)28(38)29(41)36-19-12-10-18(11-13-19)31(43)44/h3-8,10-13,17,28H,1-2,9,14-16,34-35H2,(H,36,41)(H,43,44)/b23-17-. The zero-order chi connectivity index (χ0) is 31.5. The van der Waals surface area contributed by atoms with Crippen molar-refractivity contribution in [3.63, 3.8) is 0 Å². The number of nitrogens with one attached hydrogen (secondary N) is 1. The number of rotatable bonds is 7. The summed E-state index contributed by atoms with van der Waals surface area (Å²) in [6.45, 7) is 0.623. The number of halogens is 2. The molecule has 228 valence electrons. The van der Waals surface area contributed by atoms with Crippen molar-refractivity contribution in [2.45, 2.75) is 31.7 Å². The molecule has 1 atom stereocenters. The van der Waals surface area contributed by atoms with Crippen LogP contribution in [0.15, 0.2) is 72.6 Å². The molecule has 11 nitrogen and oxygen atoms in total. The van der Waals surface area contributed by atoms with Crippen LogP contribution in [0.1, 0.15) is 46.8 Å². The molecule has 0 aromatic heterocycles. The first kappa shape index (κ1) is 30.5. The number of aromatic carboxylic acids is 1. The van der Waals surface area contributed by atoms with Crippen LogP contribution in [0.2, 0.25) is 5.02 Å². The first-order chi connectivity index (χ1) is 21.1. The largest absolute Gasteiger partial charge is 0.478 e. The summed E-state index contributed by atoms with van der Waals surface area (Å²) in [5.41, 5.74) is 8.01. The molecule has 44 heavy (non-hydrogen) atoms. The second kappa shape index (κ2) is 12.7. The summed E-state index contributed by atoms with van der Waals surface area (Å²) < 4.78 is 14.6. The van der Waals surface area contributed by atoms with E-state index in [0.29, 0.717) is 36.3 Å². The Kier molecular flexibility index (Phi) is 8.83. The molecule has 1 saturated heterocycles. The van der Waals surface area contributed by atoms with Crippen molar-refractivity contribution in [1.82, 2.24) is 4.90 Å². The highest BCUT2D eigenvalue weighted by Gasteiger charge is 2.39. The van der Waals surface area contributed by atoms with Crippen molar-refractivity contribution in [1.29, 1.82) is 0 Å². The monoisotopic (exact) mass is 620 g/mol. The fourth-order valence-electron chi connectivity index (χ4n) is 5.50. The number of hydrazine groups is 1. The van der Waals surface area contributed by atoms with Crippen LogP contribution in [0.5, 0.6) is 0 Å². The number of benzene rings is 3. The average Bonchev–Trinajstić information content (AvgIpc) is 3.01. The Balaban J connectivity index is 1.51. The molecule has 0 spiro atoms. The number of piperidine rings is 1. The highest BCUT2D eigenvalue weighted by Crippen LogP contribution is 2.38. The number of amides is 3. The van der Waals surface area contributed by atoms with Crippen LogP contribution >= 0.6 is 11.6 Å². The molecule has 2 aliphatic heterocycles. The van der Waals surface area contributed by atoms with Gasteiger partial charge in [-0.3, -0.25) is 19.4 Å². The molecule has 6 N–H and O–H groups in total. The van der Waals surface area contributed by atoms with Gasteiger partial charge >= 0.3 is 5.97 Å². The highest BCUT2D eigenvalue weighted by molar-refractivity contribution is 6.31. The fraction of sp³-hybridized carbons (Fsp3) is 0.226. The molecule has 2 heterocycles. The Morgan fingerprint density at radius 1 is 1.02 bits per heavy atom. The van der Waals surface area contributed by atoms with Gasteiger partial charge in [0.25, 0.3) is 11.8 Å². The predicted molar refractivity (Wildman–Crippen MR) is 163 cm³/mol. The number of hydrogen-bond acceptors (Lipinski definition) is 7. The maximum Gasteiger partial charge on any atom is 0.335 e. The normalized spacial score (nSPS) is 16.8. The van der Waals surface area contributed by atoms with Gasteiger partial charge in [0.2, 0.25) is 5.91 Å². The summed E-state index contributed by atoms with van der Waals surface area (Å²) in [7, 11) is 0. The van der Waals surface area contributed by atoms with E-state index in [0.717, 1.165) is 29.6 Å². The van der Waals surface area contributed by atoms with E-state index < -0.39 is 29.6 Å². The molecule has 13 heteroatoms. The zero-order valence-corrected chi connectivity index (χ0v) is 24.3. The summed E-state index contributed by atoms with van der Waals surface area (Å²) in [5, 5.41) is 12.7. The Labute approximate surface area is 257 Å². The smallest absolute Gasteiger partial charge is 0.335 e. The predicted octanol–water partition coefficient (Wildman–Crippen LogP) is 3.94. The van der Waals surface area contributed by atoms with E-state index >= 15 is 0 Å². The Hall–Kier alpha value is -4.94. The maximum atomic E-state index is 14.6. The van der Waals surface area contributed by atoms with E-state index in [2.05, 4.69) is 5.32 Å². The van der Waals surface area contributed by atoms with Gasteiger partial charge in [-0.05, 0) is 72.9 Å². The molecule has 1 fully saturated rings. The number of nitrogens with zero attached hydrogens (tertiary/aromatic N) is 3. The van der Waals surface area contributed by atoms with E-state index in [1.807, 2.05) is 6.07 Å². The molecular weight excluding hydrogens is 591 g/mol. The SMILES string of the molecule is N/C(=C\N(N)c1cccc(Cl)c1F)C(=O)N1CCc2c(cccc2N2CCCCC2=O)C1C(=O)Nc1ccc(C(=O)O)cc1. The van der Waals surface area contributed by atoms with Gasteiger partial charge in [0.1, 0.15) is 11.7 Å². The molecular formula is C31H30ClFN6O5. The topological polar surface area (TPSA) is 162 Å². The molecule has 3 aromatic rings. The van der Waals surface area contributed by atoms with Crippen LogP contribution in [0.25, 0.3) is 0 Å². The minimum Gasteiger partial charge on any atom is -0.478 e. The van der Waals surface area contributed by atoms with Crippen molar-refractivity contribution in [3.8, 4) is 0 Å². The molecule has 3 amide bonds. The van der Waals surface area contributed by atoms with E-state index in [4.69, 9.17) is 23.2 Å². The second-order valence-electron chi connectivity index (χ2n) is 10.4. The van der Waals surface area contributed by atoms with E-state index in [-0.39, 0.29) is 34.4 Å². The van der Waals surface area contributed by atoms with Crippen LogP contribution in [0, 0.1) is 5.82 Å². The number of hydrogen-bond donors (Lipinski definition) is 4. The van der Waals surface area contributed by atoms with E-state index in [1.165, 1.54) is 47.4 Å². The van der Waals surface area contributed by atoms with E-state index in [9.17, 15) is 28.7 Å². The van der Waals surface area contributed by atoms with Crippen LogP contribution < -0.4 is 26.8 Å². The van der Waals surface area contributed by atoms with Crippen molar-refractivity contribution in [3.05, 3.63) is 100 Å². The van der Waals surface area contributed by atoms with Gasteiger partial charge in [-0.25, -0.2) is 15.0 Å². The third kappa shape index (κ3) is 6.08. The lowest BCUT2D eigenvalue weighted by Gasteiger charge is -2.39. The van der Waals surface area contributed by atoms with Crippen molar-refractivity contribution >= 4 is 52.4 Å². The maximum absolute atomic E-state index is 14.6. The molecule has 3 aromatic carbocycles. The number of carboxylic acid groups (broad SMARTS) is 1. The number of fused-ring (bicyclic) bond motifs is 1. The van der Waals surface area contributed by atoms with Gasteiger partial charge in [0, 0.05) is 30.9 Å². The van der Waals surface area contributed by atoms with Crippen LogP contribution in [-0.2, 0) is 20.8 Å². The number of carboxylic acids is 1. The molecule has 0 aliphatic carbocycles. The first-order valence-electron chi connectivity index (χ1n) is 13.9. The molecule has 1 unspecified atom stereocenters. The summed E-state index contributed by atoms with van der Waals surface area (Å²) in [6, 6.07) is 13.9. The summed E-state index contributed by atoms with van der Waals surface area (Å²) in [4.78, 5) is 54.8. The van der Waals surface area contributed by atoms with Crippen LogP contribution in [-0.4, -0.2) is 46.8 Å². The molecule has 0 bridgehead atoms. The highest BCUT2D eigenvalue weighted by atomic mass is 35.5. The minimum atomic E-state index is -1.17. The van der Waals surface area contributed by atoms with Crippen molar-refractivity contribution in [2.24, 2.45) is 11.6 Å². The fourth-order valence-corrected chi connectivity index (χ4v) is 5.67. The third-order valence-electron chi connectivity index (χ3n) is 7.65. The lowest BCUT2D eigenvalue weighted by molar-refractivity contribution is -0.136. The van der Waals surface area contributed by atoms with E-state index in [1.54, 1.807) is 17.0 Å².